The first-order valence-corrected chi connectivity index (χ1v) is 11.9. The SMILES string of the molecule is CCOc1cc(CNC(CCSC)C(=O)O)cc(Cl)c1OCc1ccc(Cl)cc1Cl. The van der Waals surface area contributed by atoms with Gasteiger partial charge < -0.3 is 19.9 Å². The molecule has 2 rings (SSSR count). The number of carboxylic acid groups (broad SMARTS) is 1. The van der Waals surface area contributed by atoms with Gasteiger partial charge in [0.2, 0.25) is 0 Å². The fourth-order valence-electron chi connectivity index (χ4n) is 2.70. The predicted molar refractivity (Wildman–Crippen MR) is 125 cm³/mol. The van der Waals surface area contributed by atoms with Crippen molar-refractivity contribution in [3.8, 4) is 11.5 Å². The van der Waals surface area contributed by atoms with Crippen molar-refractivity contribution in [1.29, 1.82) is 0 Å². The summed E-state index contributed by atoms with van der Waals surface area (Å²) in [5.41, 5.74) is 1.57. The van der Waals surface area contributed by atoms with Crippen LogP contribution in [0, 0.1) is 0 Å². The number of carboxylic acids is 1. The van der Waals surface area contributed by atoms with Crippen molar-refractivity contribution in [2.24, 2.45) is 0 Å². The molecule has 164 valence electrons. The zero-order valence-electron chi connectivity index (χ0n) is 16.7. The van der Waals surface area contributed by atoms with Crippen molar-refractivity contribution >= 4 is 52.5 Å². The first-order valence-electron chi connectivity index (χ1n) is 9.32. The average Bonchev–Trinajstić information content (AvgIpc) is 2.68. The van der Waals surface area contributed by atoms with Crippen LogP contribution in [0.25, 0.3) is 0 Å². The molecule has 2 N–H and O–H groups in total. The summed E-state index contributed by atoms with van der Waals surface area (Å²) in [4.78, 5) is 11.4. The van der Waals surface area contributed by atoms with E-state index in [1.165, 1.54) is 0 Å². The van der Waals surface area contributed by atoms with E-state index in [2.05, 4.69) is 5.32 Å². The van der Waals surface area contributed by atoms with Crippen molar-refractivity contribution in [3.05, 3.63) is 56.5 Å². The Bertz CT molecular complexity index is 866. The van der Waals surface area contributed by atoms with Crippen LogP contribution in [0.15, 0.2) is 30.3 Å². The fraction of sp³-hybridized carbons (Fsp3) is 0.381. The number of benzene rings is 2. The number of aliphatic carboxylic acids is 1. The molecule has 0 fully saturated rings. The number of hydrogen-bond donors (Lipinski definition) is 2. The van der Waals surface area contributed by atoms with Gasteiger partial charge in [0.25, 0.3) is 0 Å². The summed E-state index contributed by atoms with van der Waals surface area (Å²) in [6.07, 6.45) is 2.48. The van der Waals surface area contributed by atoms with Gasteiger partial charge in [-0.1, -0.05) is 40.9 Å². The highest BCUT2D eigenvalue weighted by Crippen LogP contribution is 2.37. The summed E-state index contributed by atoms with van der Waals surface area (Å²) < 4.78 is 11.6. The minimum absolute atomic E-state index is 0.198. The normalized spacial score (nSPS) is 11.9. The van der Waals surface area contributed by atoms with Gasteiger partial charge in [0.15, 0.2) is 11.5 Å². The summed E-state index contributed by atoms with van der Waals surface area (Å²) in [6, 6.07) is 8.09. The molecule has 0 aliphatic heterocycles. The summed E-state index contributed by atoms with van der Waals surface area (Å²) in [5, 5.41) is 13.9. The Morgan fingerprint density at radius 3 is 2.57 bits per heavy atom. The molecule has 0 heterocycles. The van der Waals surface area contributed by atoms with Crippen molar-refractivity contribution < 1.29 is 19.4 Å². The van der Waals surface area contributed by atoms with E-state index in [1.807, 2.05) is 13.2 Å². The molecule has 0 aliphatic rings. The molecule has 2 aromatic carbocycles. The quantitative estimate of drug-likeness (QED) is 0.383. The molecule has 0 spiro atoms. The Labute approximate surface area is 196 Å². The van der Waals surface area contributed by atoms with E-state index in [9.17, 15) is 9.90 Å². The molecule has 0 amide bonds. The molecule has 0 aliphatic carbocycles. The van der Waals surface area contributed by atoms with Gasteiger partial charge in [0.05, 0.1) is 11.6 Å². The summed E-state index contributed by atoms with van der Waals surface area (Å²) in [7, 11) is 0. The number of nitrogens with one attached hydrogen (secondary N) is 1. The second-order valence-electron chi connectivity index (χ2n) is 6.42. The first kappa shape index (κ1) is 25.0. The maximum Gasteiger partial charge on any atom is 0.320 e. The van der Waals surface area contributed by atoms with Gasteiger partial charge in [-0.15, -0.1) is 0 Å². The Morgan fingerprint density at radius 1 is 1.17 bits per heavy atom. The van der Waals surface area contributed by atoms with Crippen molar-refractivity contribution in [2.75, 3.05) is 18.6 Å². The molecule has 1 atom stereocenters. The molecule has 0 radical (unpaired) electrons. The van der Waals surface area contributed by atoms with Crippen LogP contribution < -0.4 is 14.8 Å². The molecule has 2 aromatic rings. The maximum absolute atomic E-state index is 11.4. The monoisotopic (exact) mass is 491 g/mol. The predicted octanol–water partition coefficient (Wildman–Crippen LogP) is 5.92. The maximum atomic E-state index is 11.4. The lowest BCUT2D eigenvalue weighted by Gasteiger charge is -2.18. The zero-order valence-corrected chi connectivity index (χ0v) is 19.8. The molecule has 0 saturated heterocycles. The van der Waals surface area contributed by atoms with E-state index in [-0.39, 0.29) is 6.61 Å². The Hall–Kier alpha value is -1.31. The van der Waals surface area contributed by atoms with Crippen LogP contribution in [0.3, 0.4) is 0 Å². The van der Waals surface area contributed by atoms with Crippen LogP contribution in [0.5, 0.6) is 11.5 Å². The third kappa shape index (κ3) is 7.43. The molecular formula is C21H24Cl3NO4S. The van der Waals surface area contributed by atoms with Crippen LogP contribution in [0.1, 0.15) is 24.5 Å². The highest BCUT2D eigenvalue weighted by molar-refractivity contribution is 7.98. The highest BCUT2D eigenvalue weighted by Gasteiger charge is 2.18. The second kappa shape index (κ2) is 12.5. The van der Waals surface area contributed by atoms with Gasteiger partial charge in [0.1, 0.15) is 12.6 Å². The van der Waals surface area contributed by atoms with E-state index in [1.54, 1.807) is 42.1 Å². The van der Waals surface area contributed by atoms with Crippen LogP contribution >= 0.6 is 46.6 Å². The highest BCUT2D eigenvalue weighted by atomic mass is 35.5. The van der Waals surface area contributed by atoms with Crippen LogP contribution in [0.2, 0.25) is 15.1 Å². The molecule has 0 aromatic heterocycles. The fourth-order valence-corrected chi connectivity index (χ4v) is 3.93. The molecule has 1 unspecified atom stereocenters. The van der Waals surface area contributed by atoms with E-state index in [0.29, 0.717) is 46.1 Å². The number of thioether (sulfide) groups is 1. The summed E-state index contributed by atoms with van der Waals surface area (Å²) in [6.45, 7) is 2.83. The average molecular weight is 493 g/mol. The van der Waals surface area contributed by atoms with E-state index >= 15 is 0 Å². The van der Waals surface area contributed by atoms with Crippen LogP contribution in [-0.4, -0.2) is 35.7 Å². The topological polar surface area (TPSA) is 67.8 Å². The third-order valence-corrected chi connectivity index (χ3v) is 5.73. The standard InChI is InChI=1S/C21H24Cl3NO4S/c1-3-28-19-9-13(11-25-18(21(26)27)6-7-30-2)8-17(24)20(19)29-12-14-4-5-15(22)10-16(14)23/h4-5,8-10,18,25H,3,6-7,11-12H2,1-2H3,(H,26,27). The number of halogens is 3. The molecule has 0 bridgehead atoms. The van der Waals surface area contributed by atoms with Gasteiger partial charge in [-0.3, -0.25) is 4.79 Å². The number of ether oxygens (including phenoxy) is 2. The van der Waals surface area contributed by atoms with Gasteiger partial charge in [0, 0.05) is 22.2 Å². The Morgan fingerprint density at radius 2 is 1.93 bits per heavy atom. The second-order valence-corrected chi connectivity index (χ2v) is 8.65. The third-order valence-electron chi connectivity index (χ3n) is 4.22. The lowest BCUT2D eigenvalue weighted by atomic mass is 10.1. The molecule has 30 heavy (non-hydrogen) atoms. The minimum Gasteiger partial charge on any atom is -0.490 e. The van der Waals surface area contributed by atoms with Crippen molar-refractivity contribution in [3.63, 3.8) is 0 Å². The zero-order chi connectivity index (χ0) is 22.1. The molecule has 9 heteroatoms. The van der Waals surface area contributed by atoms with Gasteiger partial charge in [-0.25, -0.2) is 0 Å². The number of rotatable bonds is 12. The molecule has 0 saturated carbocycles. The lowest BCUT2D eigenvalue weighted by molar-refractivity contribution is -0.139. The molecular weight excluding hydrogens is 469 g/mol. The van der Waals surface area contributed by atoms with Crippen molar-refractivity contribution in [1.82, 2.24) is 5.32 Å². The number of carbonyl (C=O) groups is 1. The number of hydrogen-bond acceptors (Lipinski definition) is 5. The van der Waals surface area contributed by atoms with Gasteiger partial charge >= 0.3 is 5.97 Å². The smallest absolute Gasteiger partial charge is 0.320 e. The Kier molecular flexibility index (Phi) is 10.4. The minimum atomic E-state index is -0.875. The van der Waals surface area contributed by atoms with Crippen LogP contribution in [0.4, 0.5) is 0 Å². The van der Waals surface area contributed by atoms with Gasteiger partial charge in [-0.05, 0) is 55.2 Å². The van der Waals surface area contributed by atoms with E-state index in [4.69, 9.17) is 44.3 Å². The Balaban J connectivity index is 2.15. The summed E-state index contributed by atoms with van der Waals surface area (Å²) >= 11 is 20.2. The van der Waals surface area contributed by atoms with E-state index < -0.39 is 12.0 Å². The molecule has 5 nitrogen and oxygen atoms in total. The van der Waals surface area contributed by atoms with Gasteiger partial charge in [-0.2, -0.15) is 11.8 Å². The largest absolute Gasteiger partial charge is 0.490 e. The lowest BCUT2D eigenvalue weighted by Crippen LogP contribution is -2.36. The first-order chi connectivity index (χ1) is 14.3. The summed E-state index contributed by atoms with van der Waals surface area (Å²) in [5.74, 6) is 0.780. The van der Waals surface area contributed by atoms with E-state index in [0.717, 1.165) is 16.9 Å². The van der Waals surface area contributed by atoms with Crippen molar-refractivity contribution in [2.45, 2.75) is 32.5 Å². The van der Waals surface area contributed by atoms with Crippen LogP contribution in [-0.2, 0) is 17.9 Å².